The van der Waals surface area contributed by atoms with Crippen LogP contribution in [-0.2, 0) is 6.42 Å². The first kappa shape index (κ1) is 10.2. The highest BCUT2D eigenvalue weighted by atomic mass is 14.6. The fraction of sp³-hybridized carbons (Fsp3) is 0.545. The van der Waals surface area contributed by atoms with E-state index < -0.39 is 0 Å². The average molecular weight is 178 g/mol. The summed E-state index contributed by atoms with van der Waals surface area (Å²) in [5.41, 5.74) is 8.24. The minimum Gasteiger partial charge on any atom is -0.330 e. The smallest absolute Gasteiger partial charge is 0.0302 e. The normalized spacial score (nSPS) is 10.8. The number of aryl methyl sites for hydroxylation is 1. The predicted molar refractivity (Wildman–Crippen MR) is 55.7 cm³/mol. The Morgan fingerprint density at radius 3 is 2.85 bits per heavy atom. The van der Waals surface area contributed by atoms with Crippen LogP contribution < -0.4 is 5.73 Å². The van der Waals surface area contributed by atoms with Gasteiger partial charge in [-0.1, -0.05) is 13.8 Å². The number of aromatic nitrogens is 1. The van der Waals surface area contributed by atoms with E-state index in [1.165, 1.54) is 11.1 Å². The summed E-state index contributed by atoms with van der Waals surface area (Å²) >= 11 is 0. The summed E-state index contributed by atoms with van der Waals surface area (Å²) in [6, 6.07) is 2.11. The molecule has 2 N–H and O–H groups in total. The van der Waals surface area contributed by atoms with Crippen molar-refractivity contribution in [3.63, 3.8) is 0 Å². The molecule has 0 aromatic carbocycles. The molecule has 1 aromatic rings. The van der Waals surface area contributed by atoms with Crippen molar-refractivity contribution in [1.82, 2.24) is 4.98 Å². The van der Waals surface area contributed by atoms with Gasteiger partial charge in [-0.25, -0.2) is 0 Å². The van der Waals surface area contributed by atoms with Gasteiger partial charge in [0, 0.05) is 12.4 Å². The number of nitrogens with zero attached hydrogens (tertiary/aromatic N) is 1. The Morgan fingerprint density at radius 1 is 1.46 bits per heavy atom. The SMILES string of the molecule is CC(C)c1ccncc1CCCN. The first-order valence-electron chi connectivity index (χ1n) is 4.88. The van der Waals surface area contributed by atoms with Crippen LogP contribution in [0.4, 0.5) is 0 Å². The molecule has 0 aliphatic heterocycles. The van der Waals surface area contributed by atoms with Gasteiger partial charge in [0.2, 0.25) is 0 Å². The molecule has 0 aliphatic rings. The lowest BCUT2D eigenvalue weighted by Crippen LogP contribution is -2.03. The van der Waals surface area contributed by atoms with Gasteiger partial charge in [0.15, 0.2) is 0 Å². The minimum atomic E-state index is 0.579. The fourth-order valence-corrected chi connectivity index (χ4v) is 1.50. The first-order valence-corrected chi connectivity index (χ1v) is 4.88. The van der Waals surface area contributed by atoms with Gasteiger partial charge in [0.05, 0.1) is 0 Å². The number of nitrogens with two attached hydrogens (primary N) is 1. The van der Waals surface area contributed by atoms with Crippen molar-refractivity contribution in [2.24, 2.45) is 5.73 Å². The second kappa shape index (κ2) is 4.97. The second-order valence-electron chi connectivity index (χ2n) is 3.62. The predicted octanol–water partition coefficient (Wildman–Crippen LogP) is 2.10. The molecule has 1 rings (SSSR count). The summed E-state index contributed by atoms with van der Waals surface area (Å²) in [6.45, 7) is 5.18. The molecule has 2 heteroatoms. The van der Waals surface area contributed by atoms with E-state index >= 15 is 0 Å². The monoisotopic (exact) mass is 178 g/mol. The molecule has 0 amide bonds. The molecular formula is C11H18N2. The van der Waals surface area contributed by atoms with Crippen LogP contribution in [-0.4, -0.2) is 11.5 Å². The molecule has 0 unspecified atom stereocenters. The summed E-state index contributed by atoms with van der Waals surface area (Å²) in [5, 5.41) is 0. The van der Waals surface area contributed by atoms with Gasteiger partial charge >= 0.3 is 0 Å². The number of rotatable bonds is 4. The molecule has 0 bridgehead atoms. The molecule has 13 heavy (non-hydrogen) atoms. The Hall–Kier alpha value is -0.890. The third-order valence-electron chi connectivity index (χ3n) is 2.21. The van der Waals surface area contributed by atoms with Crippen LogP contribution in [0.5, 0.6) is 0 Å². The largest absolute Gasteiger partial charge is 0.330 e. The Bertz CT molecular complexity index is 256. The van der Waals surface area contributed by atoms with E-state index in [0.717, 1.165) is 19.4 Å². The molecule has 72 valence electrons. The van der Waals surface area contributed by atoms with Gasteiger partial charge in [-0.3, -0.25) is 4.98 Å². The van der Waals surface area contributed by atoms with Crippen molar-refractivity contribution in [1.29, 1.82) is 0 Å². The summed E-state index contributed by atoms with van der Waals surface area (Å²) < 4.78 is 0. The zero-order valence-corrected chi connectivity index (χ0v) is 8.46. The highest BCUT2D eigenvalue weighted by Crippen LogP contribution is 2.18. The van der Waals surface area contributed by atoms with Gasteiger partial charge < -0.3 is 5.73 Å². The van der Waals surface area contributed by atoms with E-state index in [4.69, 9.17) is 5.73 Å². The molecule has 0 spiro atoms. The van der Waals surface area contributed by atoms with Crippen molar-refractivity contribution in [3.8, 4) is 0 Å². The molecule has 0 atom stereocenters. The van der Waals surface area contributed by atoms with Crippen molar-refractivity contribution in [2.45, 2.75) is 32.6 Å². The lowest BCUT2D eigenvalue weighted by molar-refractivity contribution is 0.785. The summed E-state index contributed by atoms with van der Waals surface area (Å²) in [6.07, 6.45) is 5.93. The summed E-state index contributed by atoms with van der Waals surface area (Å²) in [4.78, 5) is 4.14. The number of hydrogen-bond acceptors (Lipinski definition) is 2. The molecule has 1 aromatic heterocycles. The van der Waals surface area contributed by atoms with Crippen molar-refractivity contribution in [3.05, 3.63) is 29.6 Å². The highest BCUT2D eigenvalue weighted by Gasteiger charge is 2.04. The van der Waals surface area contributed by atoms with E-state index in [9.17, 15) is 0 Å². The van der Waals surface area contributed by atoms with Crippen LogP contribution in [0.2, 0.25) is 0 Å². The Kier molecular flexibility index (Phi) is 3.90. The molecule has 0 radical (unpaired) electrons. The molecular weight excluding hydrogens is 160 g/mol. The Balaban J connectivity index is 2.78. The molecule has 0 fully saturated rings. The second-order valence-corrected chi connectivity index (χ2v) is 3.62. The van der Waals surface area contributed by atoms with E-state index in [0.29, 0.717) is 5.92 Å². The van der Waals surface area contributed by atoms with Crippen LogP contribution >= 0.6 is 0 Å². The van der Waals surface area contributed by atoms with E-state index in [2.05, 4.69) is 24.9 Å². The van der Waals surface area contributed by atoms with Crippen molar-refractivity contribution in [2.75, 3.05) is 6.54 Å². The van der Waals surface area contributed by atoms with Gasteiger partial charge in [-0.15, -0.1) is 0 Å². The topological polar surface area (TPSA) is 38.9 Å². The Labute approximate surface area is 80.2 Å². The van der Waals surface area contributed by atoms with Gasteiger partial charge in [0.1, 0.15) is 0 Å². The number of pyridine rings is 1. The van der Waals surface area contributed by atoms with Crippen molar-refractivity contribution < 1.29 is 0 Å². The maximum atomic E-state index is 5.48. The molecule has 2 nitrogen and oxygen atoms in total. The minimum absolute atomic E-state index is 0.579. The first-order chi connectivity index (χ1) is 6.25. The van der Waals surface area contributed by atoms with Crippen LogP contribution in [0.25, 0.3) is 0 Å². The summed E-state index contributed by atoms with van der Waals surface area (Å²) in [7, 11) is 0. The highest BCUT2D eigenvalue weighted by molar-refractivity contribution is 5.26. The standard InChI is InChI=1S/C11H18N2/c1-9(2)11-5-7-13-8-10(11)4-3-6-12/h5,7-9H,3-4,6,12H2,1-2H3. The van der Waals surface area contributed by atoms with Crippen LogP contribution in [0.3, 0.4) is 0 Å². The molecule has 0 aliphatic carbocycles. The van der Waals surface area contributed by atoms with Crippen LogP contribution in [0, 0.1) is 0 Å². The zero-order valence-electron chi connectivity index (χ0n) is 8.46. The third-order valence-corrected chi connectivity index (χ3v) is 2.21. The zero-order chi connectivity index (χ0) is 9.68. The van der Waals surface area contributed by atoms with Crippen LogP contribution in [0.1, 0.15) is 37.3 Å². The molecule has 0 saturated carbocycles. The van der Waals surface area contributed by atoms with Gasteiger partial charge in [-0.2, -0.15) is 0 Å². The third kappa shape index (κ3) is 2.81. The lowest BCUT2D eigenvalue weighted by Gasteiger charge is -2.10. The number of hydrogen-bond donors (Lipinski definition) is 1. The van der Waals surface area contributed by atoms with Gasteiger partial charge in [0.25, 0.3) is 0 Å². The Morgan fingerprint density at radius 2 is 2.23 bits per heavy atom. The maximum Gasteiger partial charge on any atom is 0.0302 e. The lowest BCUT2D eigenvalue weighted by atomic mass is 9.97. The van der Waals surface area contributed by atoms with E-state index in [1.54, 1.807) is 0 Å². The van der Waals surface area contributed by atoms with E-state index in [1.807, 2.05) is 12.4 Å². The average Bonchev–Trinajstić information content (AvgIpc) is 2.15. The van der Waals surface area contributed by atoms with Gasteiger partial charge in [-0.05, 0) is 42.5 Å². The fourth-order valence-electron chi connectivity index (χ4n) is 1.50. The molecule has 0 saturated heterocycles. The van der Waals surface area contributed by atoms with Crippen LogP contribution in [0.15, 0.2) is 18.5 Å². The van der Waals surface area contributed by atoms with E-state index in [-0.39, 0.29) is 0 Å². The van der Waals surface area contributed by atoms with Crippen molar-refractivity contribution >= 4 is 0 Å². The molecule has 1 heterocycles. The quantitative estimate of drug-likeness (QED) is 0.766. The maximum absolute atomic E-state index is 5.48. The summed E-state index contributed by atoms with van der Waals surface area (Å²) in [5.74, 6) is 0.579.